The fourth-order valence-electron chi connectivity index (χ4n) is 3.31. The van der Waals surface area contributed by atoms with E-state index in [1.807, 2.05) is 43.3 Å². The summed E-state index contributed by atoms with van der Waals surface area (Å²) in [6.45, 7) is 1.94. The van der Waals surface area contributed by atoms with Crippen LogP contribution < -0.4 is 14.2 Å². The summed E-state index contributed by atoms with van der Waals surface area (Å²) in [5.41, 5.74) is 0.943. The molecule has 0 saturated carbocycles. The minimum atomic E-state index is -3.68. The molecule has 0 heterocycles. The Kier molecular flexibility index (Phi) is 6.99. The molecule has 0 radical (unpaired) electrons. The van der Waals surface area contributed by atoms with Crippen molar-refractivity contribution in [1.82, 2.24) is 0 Å². The summed E-state index contributed by atoms with van der Waals surface area (Å²) >= 11 is 0. The largest absolute Gasteiger partial charge is 0.497 e. The van der Waals surface area contributed by atoms with Crippen LogP contribution in [0, 0.1) is 0 Å². The van der Waals surface area contributed by atoms with Crippen molar-refractivity contribution in [2.75, 3.05) is 7.11 Å². The first-order chi connectivity index (χ1) is 16.5. The summed E-state index contributed by atoms with van der Waals surface area (Å²) in [5, 5.41) is 0. The molecule has 0 fully saturated rings. The van der Waals surface area contributed by atoms with Crippen molar-refractivity contribution in [1.29, 1.82) is 0 Å². The summed E-state index contributed by atoms with van der Waals surface area (Å²) in [6.07, 6.45) is 3.89. The first-order valence-corrected chi connectivity index (χ1v) is 12.1. The maximum absolute atomic E-state index is 13.1. The van der Waals surface area contributed by atoms with Gasteiger partial charge in [0.05, 0.1) is 16.9 Å². The Bertz CT molecular complexity index is 1370. The van der Waals surface area contributed by atoms with Gasteiger partial charge in [0.15, 0.2) is 0 Å². The van der Waals surface area contributed by atoms with E-state index in [9.17, 15) is 8.42 Å². The van der Waals surface area contributed by atoms with E-state index in [1.54, 1.807) is 67.8 Å². The Balaban J connectivity index is 1.48. The summed E-state index contributed by atoms with van der Waals surface area (Å²) in [5.74, 6) is 3.14. The number of rotatable bonds is 8. The van der Waals surface area contributed by atoms with Gasteiger partial charge in [0, 0.05) is 5.56 Å². The van der Waals surface area contributed by atoms with E-state index in [1.165, 1.54) is 12.1 Å². The summed E-state index contributed by atoms with van der Waals surface area (Å²) in [7, 11) is -2.09. The third kappa shape index (κ3) is 5.30. The predicted octanol–water partition coefficient (Wildman–Crippen LogP) is 7.15. The van der Waals surface area contributed by atoms with Crippen LogP contribution in [0.2, 0.25) is 0 Å². The van der Waals surface area contributed by atoms with Crippen molar-refractivity contribution in [3.8, 4) is 28.7 Å². The molecule has 0 spiro atoms. The van der Waals surface area contributed by atoms with Gasteiger partial charge in [0.1, 0.15) is 28.7 Å². The molecule has 0 N–H and O–H groups in total. The number of hydrogen-bond donors (Lipinski definition) is 0. The average molecular weight is 473 g/mol. The van der Waals surface area contributed by atoms with Gasteiger partial charge in [-0.25, -0.2) is 8.42 Å². The van der Waals surface area contributed by atoms with Gasteiger partial charge < -0.3 is 14.2 Å². The SMILES string of the molecule is C/C=C/c1ccccc1Oc1ccc(S(=O)(=O)c2ccc(Oc3ccc(OC)cc3)cc2)cc1. The Morgan fingerprint density at radius 3 is 1.62 bits per heavy atom. The van der Waals surface area contributed by atoms with Gasteiger partial charge in [-0.3, -0.25) is 0 Å². The lowest BCUT2D eigenvalue weighted by molar-refractivity contribution is 0.413. The molecule has 0 aliphatic carbocycles. The molecule has 4 rings (SSSR count). The van der Waals surface area contributed by atoms with Gasteiger partial charge in [-0.15, -0.1) is 0 Å². The second kappa shape index (κ2) is 10.3. The van der Waals surface area contributed by atoms with Crippen LogP contribution >= 0.6 is 0 Å². The van der Waals surface area contributed by atoms with E-state index >= 15 is 0 Å². The summed E-state index contributed by atoms with van der Waals surface area (Å²) in [6, 6.07) is 27.5. The van der Waals surface area contributed by atoms with E-state index in [2.05, 4.69) is 0 Å². The fourth-order valence-corrected chi connectivity index (χ4v) is 4.57. The van der Waals surface area contributed by atoms with E-state index < -0.39 is 9.84 Å². The lowest BCUT2D eigenvalue weighted by Gasteiger charge is -2.10. The molecule has 0 amide bonds. The van der Waals surface area contributed by atoms with Crippen molar-refractivity contribution in [3.05, 3.63) is 109 Å². The first kappa shape index (κ1) is 23.1. The van der Waals surface area contributed by atoms with Crippen LogP contribution in [-0.2, 0) is 9.84 Å². The van der Waals surface area contributed by atoms with Gasteiger partial charge in [-0.05, 0) is 85.8 Å². The molecule has 0 aliphatic rings. The van der Waals surface area contributed by atoms with Crippen molar-refractivity contribution >= 4 is 15.9 Å². The van der Waals surface area contributed by atoms with Crippen molar-refractivity contribution in [3.63, 3.8) is 0 Å². The van der Waals surface area contributed by atoms with E-state index in [0.717, 1.165) is 11.3 Å². The third-order valence-electron chi connectivity index (χ3n) is 5.06. The molecule has 4 aromatic carbocycles. The summed E-state index contributed by atoms with van der Waals surface area (Å²) < 4.78 is 43.0. The van der Waals surface area contributed by atoms with Gasteiger partial charge in [-0.2, -0.15) is 0 Å². The highest BCUT2D eigenvalue weighted by molar-refractivity contribution is 7.91. The topological polar surface area (TPSA) is 61.8 Å². The van der Waals surface area contributed by atoms with Gasteiger partial charge >= 0.3 is 0 Å². The number of methoxy groups -OCH3 is 1. The second-order valence-electron chi connectivity index (χ2n) is 7.36. The van der Waals surface area contributed by atoms with Gasteiger partial charge in [0.2, 0.25) is 9.84 Å². The fraction of sp³-hybridized carbons (Fsp3) is 0.0714. The number of allylic oxidation sites excluding steroid dienone is 1. The van der Waals surface area contributed by atoms with Gasteiger partial charge in [0.25, 0.3) is 0 Å². The van der Waals surface area contributed by atoms with E-state index in [0.29, 0.717) is 23.0 Å². The van der Waals surface area contributed by atoms with Crippen LogP contribution in [0.25, 0.3) is 6.08 Å². The molecule has 0 aromatic heterocycles. The maximum atomic E-state index is 13.1. The lowest BCUT2D eigenvalue weighted by atomic mass is 10.2. The molecule has 0 unspecified atom stereocenters. The second-order valence-corrected chi connectivity index (χ2v) is 9.31. The molecule has 0 bridgehead atoms. The van der Waals surface area contributed by atoms with Crippen molar-refractivity contribution in [2.24, 2.45) is 0 Å². The monoisotopic (exact) mass is 472 g/mol. The molecule has 5 nitrogen and oxygen atoms in total. The molecule has 6 heteroatoms. The van der Waals surface area contributed by atoms with Crippen molar-refractivity contribution < 1.29 is 22.6 Å². The molecule has 4 aromatic rings. The van der Waals surface area contributed by atoms with Crippen LogP contribution in [0.4, 0.5) is 0 Å². The molecule has 34 heavy (non-hydrogen) atoms. The zero-order valence-electron chi connectivity index (χ0n) is 18.8. The Hall–Kier alpha value is -4.03. The first-order valence-electron chi connectivity index (χ1n) is 10.7. The summed E-state index contributed by atoms with van der Waals surface area (Å²) in [4.78, 5) is 0.368. The molecule has 172 valence electrons. The number of para-hydroxylation sites is 1. The molecule has 0 atom stereocenters. The Morgan fingerprint density at radius 2 is 1.09 bits per heavy atom. The van der Waals surface area contributed by atoms with Crippen LogP contribution in [0.1, 0.15) is 12.5 Å². The van der Waals surface area contributed by atoms with E-state index in [-0.39, 0.29) is 9.79 Å². The smallest absolute Gasteiger partial charge is 0.206 e. The minimum Gasteiger partial charge on any atom is -0.497 e. The van der Waals surface area contributed by atoms with Gasteiger partial charge in [-0.1, -0.05) is 30.4 Å². The average Bonchev–Trinajstić information content (AvgIpc) is 2.86. The van der Waals surface area contributed by atoms with E-state index in [4.69, 9.17) is 14.2 Å². The van der Waals surface area contributed by atoms with Crippen LogP contribution in [0.5, 0.6) is 28.7 Å². The molecule has 0 saturated heterocycles. The number of hydrogen-bond acceptors (Lipinski definition) is 5. The number of sulfone groups is 1. The standard InChI is InChI=1S/C28H24O5S/c1-3-6-21-7-4-5-8-28(21)33-25-15-19-27(20-16-25)34(29,30)26-17-13-24(14-18-26)32-23-11-9-22(31-2)10-12-23/h3-20H,1-2H3/b6-3+. The Labute approximate surface area is 199 Å². The molecular weight excluding hydrogens is 448 g/mol. The number of benzene rings is 4. The lowest BCUT2D eigenvalue weighted by Crippen LogP contribution is -2.02. The normalized spacial score (nSPS) is 11.4. The molecular formula is C28H24O5S. The third-order valence-corrected chi connectivity index (χ3v) is 6.84. The van der Waals surface area contributed by atoms with Crippen LogP contribution in [0.3, 0.4) is 0 Å². The highest BCUT2D eigenvalue weighted by atomic mass is 32.2. The van der Waals surface area contributed by atoms with Crippen LogP contribution in [-0.4, -0.2) is 15.5 Å². The highest BCUT2D eigenvalue weighted by Gasteiger charge is 2.18. The predicted molar refractivity (Wildman–Crippen MR) is 133 cm³/mol. The number of ether oxygens (including phenoxy) is 3. The molecule has 0 aliphatic heterocycles. The minimum absolute atomic E-state index is 0.182. The zero-order chi connectivity index (χ0) is 24.0. The van der Waals surface area contributed by atoms with Crippen LogP contribution in [0.15, 0.2) is 113 Å². The van der Waals surface area contributed by atoms with Crippen molar-refractivity contribution in [2.45, 2.75) is 16.7 Å². The quantitative estimate of drug-likeness (QED) is 0.273. The highest BCUT2D eigenvalue weighted by Crippen LogP contribution is 2.30. The zero-order valence-corrected chi connectivity index (χ0v) is 19.7. The Morgan fingerprint density at radius 1 is 0.618 bits per heavy atom. The maximum Gasteiger partial charge on any atom is 0.206 e.